The minimum Gasteiger partial charge on any atom is -0.303 e. The van der Waals surface area contributed by atoms with E-state index in [9.17, 15) is 0 Å². The van der Waals surface area contributed by atoms with Gasteiger partial charge in [0.05, 0.1) is 0 Å². The van der Waals surface area contributed by atoms with Gasteiger partial charge in [-0.2, -0.15) is 0 Å². The highest BCUT2D eigenvalue weighted by Gasteiger charge is 2.27. The molecular formula is C6H13N. The Hall–Kier alpha value is -0.0400. The second kappa shape index (κ2) is 1.48. The van der Waals surface area contributed by atoms with Crippen molar-refractivity contribution >= 4 is 0 Å². The molecule has 0 spiro atoms. The molecule has 0 radical (unpaired) electrons. The summed E-state index contributed by atoms with van der Waals surface area (Å²) in [5.41, 5.74) is 0. The average Bonchev–Trinajstić information content (AvgIpc) is 1.68. The molecule has 0 N–H and O–H groups in total. The fraction of sp³-hybridized carbons (Fsp3) is 1.00. The Morgan fingerprint density at radius 3 is 2.00 bits per heavy atom. The van der Waals surface area contributed by atoms with E-state index in [-0.39, 0.29) is 0 Å². The summed E-state index contributed by atoms with van der Waals surface area (Å²) < 4.78 is 0. The third kappa shape index (κ3) is 0.653. The minimum absolute atomic E-state index is 0.833. The maximum atomic E-state index is 2.37. The quantitative estimate of drug-likeness (QED) is 0.437. The Morgan fingerprint density at radius 2 is 2.00 bits per heavy atom. The zero-order valence-corrected chi connectivity index (χ0v) is 5.31. The summed E-state index contributed by atoms with van der Waals surface area (Å²) in [6, 6.07) is 0.833. The van der Waals surface area contributed by atoms with Crippen LogP contribution in [0.2, 0.25) is 0 Å². The second-order valence-electron chi connectivity index (χ2n) is 2.66. The Bertz CT molecular complexity index is 62.6. The molecule has 42 valence electrons. The van der Waals surface area contributed by atoms with Crippen LogP contribution in [0.1, 0.15) is 13.8 Å². The highest BCUT2D eigenvalue weighted by molar-refractivity contribution is 4.82. The van der Waals surface area contributed by atoms with Crippen LogP contribution in [-0.2, 0) is 0 Å². The molecule has 1 aliphatic heterocycles. The molecule has 2 atom stereocenters. The third-order valence-corrected chi connectivity index (χ3v) is 2.09. The number of nitrogens with zero attached hydrogens (tertiary/aromatic N) is 1. The van der Waals surface area contributed by atoms with Gasteiger partial charge in [-0.15, -0.1) is 0 Å². The molecule has 0 aliphatic carbocycles. The van der Waals surface area contributed by atoms with E-state index >= 15 is 0 Å². The van der Waals surface area contributed by atoms with Crippen LogP contribution in [0.25, 0.3) is 0 Å². The number of hydrogen-bond acceptors (Lipinski definition) is 1. The predicted molar refractivity (Wildman–Crippen MR) is 31.3 cm³/mol. The van der Waals surface area contributed by atoms with Crippen molar-refractivity contribution in [1.29, 1.82) is 0 Å². The molecule has 1 rings (SSSR count). The van der Waals surface area contributed by atoms with Crippen LogP contribution in [0.3, 0.4) is 0 Å². The first kappa shape index (κ1) is 5.10. The van der Waals surface area contributed by atoms with E-state index in [0.29, 0.717) is 0 Å². The van der Waals surface area contributed by atoms with E-state index in [1.807, 2.05) is 0 Å². The molecule has 0 aromatic rings. The third-order valence-electron chi connectivity index (χ3n) is 2.09. The monoisotopic (exact) mass is 99.1 g/mol. The summed E-state index contributed by atoms with van der Waals surface area (Å²) in [5.74, 6) is 0.935. The molecule has 1 heteroatoms. The zero-order chi connectivity index (χ0) is 5.44. The van der Waals surface area contributed by atoms with Gasteiger partial charge in [-0.05, 0) is 19.9 Å². The Balaban J connectivity index is 2.29. The van der Waals surface area contributed by atoms with Crippen LogP contribution in [0.15, 0.2) is 0 Å². The second-order valence-corrected chi connectivity index (χ2v) is 2.66. The topological polar surface area (TPSA) is 3.24 Å². The molecule has 1 heterocycles. The van der Waals surface area contributed by atoms with Gasteiger partial charge in [-0.3, -0.25) is 0 Å². The Labute approximate surface area is 45.3 Å². The SMILES string of the molecule is C[C@@H]1CN(C)[C@@H]1C. The van der Waals surface area contributed by atoms with Gasteiger partial charge in [0, 0.05) is 12.6 Å². The lowest BCUT2D eigenvalue weighted by atomic mass is 9.93. The van der Waals surface area contributed by atoms with Crippen molar-refractivity contribution in [3.63, 3.8) is 0 Å². The molecule has 1 fully saturated rings. The van der Waals surface area contributed by atoms with Gasteiger partial charge in [0.15, 0.2) is 0 Å². The van der Waals surface area contributed by atoms with Gasteiger partial charge in [0.2, 0.25) is 0 Å². The lowest BCUT2D eigenvalue weighted by Gasteiger charge is -2.41. The molecule has 1 nitrogen and oxygen atoms in total. The van der Waals surface area contributed by atoms with E-state index in [1.54, 1.807) is 0 Å². The van der Waals surface area contributed by atoms with Gasteiger partial charge < -0.3 is 4.90 Å². The minimum atomic E-state index is 0.833. The van der Waals surface area contributed by atoms with E-state index < -0.39 is 0 Å². The van der Waals surface area contributed by atoms with Crippen molar-refractivity contribution in [3.8, 4) is 0 Å². The molecule has 0 unspecified atom stereocenters. The summed E-state index contributed by atoms with van der Waals surface area (Å²) in [6.45, 7) is 5.86. The molecular weight excluding hydrogens is 86.1 g/mol. The van der Waals surface area contributed by atoms with Gasteiger partial charge >= 0.3 is 0 Å². The molecule has 1 saturated heterocycles. The van der Waals surface area contributed by atoms with E-state index in [0.717, 1.165) is 12.0 Å². The zero-order valence-electron chi connectivity index (χ0n) is 5.31. The first-order valence-corrected chi connectivity index (χ1v) is 2.92. The summed E-state index contributed by atoms with van der Waals surface area (Å²) in [6.07, 6.45) is 0. The normalized spacial score (nSPS) is 43.3. The van der Waals surface area contributed by atoms with Crippen molar-refractivity contribution in [2.45, 2.75) is 19.9 Å². The molecule has 0 aromatic carbocycles. The van der Waals surface area contributed by atoms with Crippen molar-refractivity contribution in [3.05, 3.63) is 0 Å². The highest BCUT2D eigenvalue weighted by atomic mass is 15.2. The fourth-order valence-corrected chi connectivity index (χ4v) is 1.07. The maximum Gasteiger partial charge on any atom is 0.0102 e. The molecule has 0 saturated carbocycles. The lowest BCUT2D eigenvalue weighted by Crippen LogP contribution is -2.50. The smallest absolute Gasteiger partial charge is 0.0102 e. The van der Waals surface area contributed by atoms with Crippen LogP contribution in [0.4, 0.5) is 0 Å². The van der Waals surface area contributed by atoms with Crippen LogP contribution >= 0.6 is 0 Å². The Kier molecular flexibility index (Phi) is 1.08. The summed E-state index contributed by atoms with van der Waals surface area (Å²) in [7, 11) is 2.17. The van der Waals surface area contributed by atoms with Gasteiger partial charge in [-0.25, -0.2) is 0 Å². The van der Waals surface area contributed by atoms with E-state index in [4.69, 9.17) is 0 Å². The molecule has 0 bridgehead atoms. The lowest BCUT2D eigenvalue weighted by molar-refractivity contribution is 0.0680. The number of hydrogen-bond donors (Lipinski definition) is 0. The van der Waals surface area contributed by atoms with Crippen molar-refractivity contribution in [2.75, 3.05) is 13.6 Å². The first-order valence-electron chi connectivity index (χ1n) is 2.92. The molecule has 0 aromatic heterocycles. The standard InChI is InChI=1S/C6H13N/c1-5-4-7(3)6(5)2/h5-6H,4H2,1-3H3/t5-,6-/m1/s1. The van der Waals surface area contributed by atoms with E-state index in [2.05, 4.69) is 25.8 Å². The van der Waals surface area contributed by atoms with Crippen LogP contribution < -0.4 is 0 Å². The van der Waals surface area contributed by atoms with Crippen LogP contribution in [-0.4, -0.2) is 24.5 Å². The largest absolute Gasteiger partial charge is 0.303 e. The van der Waals surface area contributed by atoms with Crippen LogP contribution in [0, 0.1) is 5.92 Å². The van der Waals surface area contributed by atoms with Gasteiger partial charge in [0.1, 0.15) is 0 Å². The highest BCUT2D eigenvalue weighted by Crippen LogP contribution is 2.20. The van der Waals surface area contributed by atoms with Gasteiger partial charge in [-0.1, -0.05) is 6.92 Å². The van der Waals surface area contributed by atoms with Crippen molar-refractivity contribution < 1.29 is 0 Å². The first-order chi connectivity index (χ1) is 3.22. The Morgan fingerprint density at radius 1 is 1.43 bits per heavy atom. The summed E-state index contributed by atoms with van der Waals surface area (Å²) in [5, 5.41) is 0. The maximum absolute atomic E-state index is 2.37. The summed E-state index contributed by atoms with van der Waals surface area (Å²) >= 11 is 0. The van der Waals surface area contributed by atoms with Crippen LogP contribution in [0.5, 0.6) is 0 Å². The van der Waals surface area contributed by atoms with Gasteiger partial charge in [0.25, 0.3) is 0 Å². The van der Waals surface area contributed by atoms with Crippen molar-refractivity contribution in [1.82, 2.24) is 4.90 Å². The number of rotatable bonds is 0. The predicted octanol–water partition coefficient (Wildman–Crippen LogP) is 0.956. The molecule has 7 heavy (non-hydrogen) atoms. The molecule has 0 amide bonds. The van der Waals surface area contributed by atoms with Crippen molar-refractivity contribution in [2.24, 2.45) is 5.92 Å². The fourth-order valence-electron chi connectivity index (χ4n) is 1.07. The number of likely N-dealkylation sites (tertiary alicyclic amines) is 1. The summed E-state index contributed by atoms with van der Waals surface area (Å²) in [4.78, 5) is 2.37. The van der Waals surface area contributed by atoms with E-state index in [1.165, 1.54) is 6.54 Å². The molecule has 1 aliphatic rings. The average molecular weight is 99.2 g/mol.